The van der Waals surface area contributed by atoms with Crippen molar-refractivity contribution in [2.75, 3.05) is 46.4 Å². The third kappa shape index (κ3) is 10.8. The molecule has 0 aliphatic carbocycles. The molecule has 6 heteroatoms. The van der Waals surface area contributed by atoms with Crippen molar-refractivity contribution in [2.24, 2.45) is 4.99 Å². The summed E-state index contributed by atoms with van der Waals surface area (Å²) < 4.78 is 5.46. The summed E-state index contributed by atoms with van der Waals surface area (Å²) in [7, 11) is 1.73. The second-order valence-corrected chi connectivity index (χ2v) is 6.49. The first-order chi connectivity index (χ1) is 12.6. The van der Waals surface area contributed by atoms with Gasteiger partial charge in [0.15, 0.2) is 5.96 Å². The Morgan fingerprint density at radius 2 is 1.85 bits per heavy atom. The zero-order valence-corrected chi connectivity index (χ0v) is 20.1. The van der Waals surface area contributed by atoms with Crippen molar-refractivity contribution < 1.29 is 4.74 Å². The molecule has 1 rings (SSSR count). The second-order valence-electron chi connectivity index (χ2n) is 6.49. The van der Waals surface area contributed by atoms with Crippen LogP contribution in [0.3, 0.4) is 0 Å². The molecule has 27 heavy (non-hydrogen) atoms. The largest absolute Gasteiger partial charge is 0.496 e. The Balaban J connectivity index is 0.00000676. The van der Waals surface area contributed by atoms with E-state index in [0.717, 1.165) is 57.3 Å². The van der Waals surface area contributed by atoms with Gasteiger partial charge in [-0.05, 0) is 64.4 Å². The maximum absolute atomic E-state index is 5.46. The fourth-order valence-electron chi connectivity index (χ4n) is 2.94. The van der Waals surface area contributed by atoms with Crippen LogP contribution in [0.2, 0.25) is 0 Å². The standard InChI is InChI=1S/C21H38N4O.HI/c1-6-22-21(23-14-9-10-16-25(7-2)8-3)24-15-13-19-17-18(4)11-12-20(19)26-5;/h11-12,17H,6-10,13-16H2,1-5H3,(H2,22,23,24);1H. The van der Waals surface area contributed by atoms with Crippen molar-refractivity contribution in [3.05, 3.63) is 29.3 Å². The van der Waals surface area contributed by atoms with Gasteiger partial charge in [-0.15, -0.1) is 24.0 Å². The van der Waals surface area contributed by atoms with Gasteiger partial charge in [0.05, 0.1) is 7.11 Å². The van der Waals surface area contributed by atoms with Crippen LogP contribution in [0.5, 0.6) is 5.75 Å². The van der Waals surface area contributed by atoms with Crippen LogP contribution < -0.4 is 15.4 Å². The Morgan fingerprint density at radius 3 is 2.48 bits per heavy atom. The molecule has 0 unspecified atom stereocenters. The van der Waals surface area contributed by atoms with Crippen LogP contribution in [0.15, 0.2) is 23.2 Å². The highest BCUT2D eigenvalue weighted by Crippen LogP contribution is 2.19. The van der Waals surface area contributed by atoms with E-state index in [1.165, 1.54) is 24.1 Å². The fourth-order valence-corrected chi connectivity index (χ4v) is 2.94. The summed E-state index contributed by atoms with van der Waals surface area (Å²) in [6.07, 6.45) is 3.24. The van der Waals surface area contributed by atoms with E-state index < -0.39 is 0 Å². The Bertz CT molecular complexity index is 533. The molecule has 1 aromatic carbocycles. The number of benzene rings is 1. The lowest BCUT2D eigenvalue weighted by molar-refractivity contribution is 0.297. The molecule has 0 fully saturated rings. The predicted octanol–water partition coefficient (Wildman–Crippen LogP) is 3.84. The minimum absolute atomic E-state index is 0. The number of halogens is 1. The van der Waals surface area contributed by atoms with Crippen LogP contribution in [-0.2, 0) is 6.42 Å². The normalized spacial score (nSPS) is 11.3. The Hall–Kier alpha value is -1.02. The number of methoxy groups -OCH3 is 1. The number of nitrogens with one attached hydrogen (secondary N) is 2. The van der Waals surface area contributed by atoms with Crippen molar-refractivity contribution in [1.29, 1.82) is 0 Å². The van der Waals surface area contributed by atoms with Crippen LogP contribution in [0.25, 0.3) is 0 Å². The molecular weight excluding hydrogens is 451 g/mol. The predicted molar refractivity (Wildman–Crippen MR) is 128 cm³/mol. The number of nitrogens with zero attached hydrogens (tertiary/aromatic N) is 2. The number of ether oxygens (including phenoxy) is 1. The summed E-state index contributed by atoms with van der Waals surface area (Å²) in [5, 5.41) is 6.76. The zero-order valence-electron chi connectivity index (χ0n) is 17.8. The van der Waals surface area contributed by atoms with Gasteiger partial charge >= 0.3 is 0 Å². The summed E-state index contributed by atoms with van der Waals surface area (Å²) in [6.45, 7) is 14.7. The molecule has 0 saturated carbocycles. The Morgan fingerprint density at radius 1 is 1.11 bits per heavy atom. The van der Waals surface area contributed by atoms with E-state index in [0.29, 0.717) is 0 Å². The summed E-state index contributed by atoms with van der Waals surface area (Å²) in [4.78, 5) is 7.16. The van der Waals surface area contributed by atoms with Crippen molar-refractivity contribution in [3.8, 4) is 5.75 Å². The van der Waals surface area contributed by atoms with Crippen LogP contribution in [0, 0.1) is 6.92 Å². The maximum atomic E-state index is 5.46. The molecule has 0 aliphatic rings. The number of aliphatic imine (C=N–C) groups is 1. The highest BCUT2D eigenvalue weighted by atomic mass is 127. The maximum Gasteiger partial charge on any atom is 0.191 e. The molecule has 0 radical (unpaired) electrons. The highest BCUT2D eigenvalue weighted by Gasteiger charge is 2.04. The smallest absolute Gasteiger partial charge is 0.191 e. The van der Waals surface area contributed by atoms with Gasteiger partial charge in [0.2, 0.25) is 0 Å². The molecule has 0 spiro atoms. The van der Waals surface area contributed by atoms with Gasteiger partial charge in [0, 0.05) is 19.6 Å². The first-order valence-corrected chi connectivity index (χ1v) is 10.0. The van der Waals surface area contributed by atoms with E-state index in [2.05, 4.69) is 55.4 Å². The van der Waals surface area contributed by atoms with E-state index in [1.54, 1.807) is 7.11 Å². The van der Waals surface area contributed by atoms with Crippen molar-refractivity contribution in [2.45, 2.75) is 47.0 Å². The lowest BCUT2D eigenvalue weighted by atomic mass is 10.1. The van der Waals surface area contributed by atoms with E-state index >= 15 is 0 Å². The molecule has 2 N–H and O–H groups in total. The minimum Gasteiger partial charge on any atom is -0.496 e. The lowest BCUT2D eigenvalue weighted by Gasteiger charge is -2.17. The molecule has 0 saturated heterocycles. The molecule has 0 amide bonds. The zero-order chi connectivity index (χ0) is 19.2. The van der Waals surface area contributed by atoms with Crippen molar-refractivity contribution in [1.82, 2.24) is 15.5 Å². The van der Waals surface area contributed by atoms with Gasteiger partial charge in [-0.3, -0.25) is 4.99 Å². The lowest BCUT2D eigenvalue weighted by Crippen LogP contribution is -2.38. The molecule has 0 heterocycles. The van der Waals surface area contributed by atoms with Gasteiger partial charge in [-0.2, -0.15) is 0 Å². The SMILES string of the molecule is CCNC(=NCCCCN(CC)CC)NCCc1cc(C)ccc1OC.I. The molecule has 0 aromatic heterocycles. The minimum atomic E-state index is 0. The van der Waals surface area contributed by atoms with E-state index in [1.807, 2.05) is 6.07 Å². The Kier molecular flexibility index (Phi) is 15.4. The second kappa shape index (κ2) is 16.0. The van der Waals surface area contributed by atoms with Gasteiger partial charge in [0.1, 0.15) is 5.75 Å². The van der Waals surface area contributed by atoms with Crippen molar-refractivity contribution in [3.63, 3.8) is 0 Å². The third-order valence-corrected chi connectivity index (χ3v) is 4.51. The first-order valence-electron chi connectivity index (χ1n) is 10.0. The van der Waals surface area contributed by atoms with Crippen molar-refractivity contribution >= 4 is 29.9 Å². The molecular formula is C21H39IN4O. The molecule has 5 nitrogen and oxygen atoms in total. The van der Waals surface area contributed by atoms with Gasteiger partial charge in [-0.25, -0.2) is 0 Å². The van der Waals surface area contributed by atoms with Gasteiger partial charge in [0.25, 0.3) is 0 Å². The van der Waals surface area contributed by atoms with E-state index in [4.69, 9.17) is 9.73 Å². The molecule has 0 atom stereocenters. The first kappa shape index (κ1) is 26.0. The molecule has 0 aliphatic heterocycles. The average Bonchev–Trinajstić information content (AvgIpc) is 2.65. The summed E-state index contributed by atoms with van der Waals surface area (Å²) in [5.41, 5.74) is 2.49. The Labute approximate surface area is 183 Å². The summed E-state index contributed by atoms with van der Waals surface area (Å²) in [5.74, 6) is 1.86. The summed E-state index contributed by atoms with van der Waals surface area (Å²) in [6, 6.07) is 6.32. The average molecular weight is 490 g/mol. The van der Waals surface area contributed by atoms with Gasteiger partial charge in [-0.1, -0.05) is 31.5 Å². The number of guanidine groups is 1. The monoisotopic (exact) mass is 490 g/mol. The number of rotatable bonds is 12. The summed E-state index contributed by atoms with van der Waals surface area (Å²) >= 11 is 0. The van der Waals surface area contributed by atoms with Gasteiger partial charge < -0.3 is 20.3 Å². The fraction of sp³-hybridized carbons (Fsp3) is 0.667. The quantitative estimate of drug-likeness (QED) is 0.202. The number of aryl methyl sites for hydroxylation is 1. The topological polar surface area (TPSA) is 48.9 Å². The van der Waals surface area contributed by atoms with Crippen LogP contribution >= 0.6 is 24.0 Å². The van der Waals surface area contributed by atoms with E-state index in [9.17, 15) is 0 Å². The molecule has 1 aromatic rings. The number of unbranched alkanes of at least 4 members (excludes halogenated alkanes) is 1. The molecule has 0 bridgehead atoms. The van der Waals surface area contributed by atoms with Crippen LogP contribution in [0.4, 0.5) is 0 Å². The van der Waals surface area contributed by atoms with E-state index in [-0.39, 0.29) is 24.0 Å². The molecule has 156 valence electrons. The third-order valence-electron chi connectivity index (χ3n) is 4.51. The van der Waals surface area contributed by atoms with Crippen LogP contribution in [0.1, 0.15) is 44.7 Å². The van der Waals surface area contributed by atoms with Crippen LogP contribution in [-0.4, -0.2) is 57.2 Å². The number of hydrogen-bond acceptors (Lipinski definition) is 3. The highest BCUT2D eigenvalue weighted by molar-refractivity contribution is 14.0. The number of hydrogen-bond donors (Lipinski definition) is 2.